The van der Waals surface area contributed by atoms with Crippen LogP contribution in [0.25, 0.3) is 0 Å². The second kappa shape index (κ2) is 17.1. The van der Waals surface area contributed by atoms with Crippen LogP contribution in [0, 0.1) is 0 Å². The average molecular weight is 655 g/mol. The zero-order valence-corrected chi connectivity index (χ0v) is 27.2. The first kappa shape index (κ1) is 36.5. The lowest BCUT2D eigenvalue weighted by Gasteiger charge is -2.34. The summed E-state index contributed by atoms with van der Waals surface area (Å²) in [6.07, 6.45) is 2.80. The number of phenols is 1. The molecule has 2 aromatic carbocycles. The molecule has 1 aliphatic rings. The molecule has 0 bridgehead atoms. The van der Waals surface area contributed by atoms with Crippen molar-refractivity contribution < 1.29 is 38.9 Å². The molecule has 47 heavy (non-hydrogen) atoms. The fourth-order valence-electron chi connectivity index (χ4n) is 5.60. The molecular weight excluding hydrogens is 608 g/mol. The highest BCUT2D eigenvalue weighted by Gasteiger charge is 2.42. The van der Waals surface area contributed by atoms with E-state index < -0.39 is 35.4 Å². The van der Waals surface area contributed by atoms with Crippen molar-refractivity contribution in [3.05, 3.63) is 53.6 Å². The quantitative estimate of drug-likeness (QED) is 0.0819. The van der Waals surface area contributed by atoms with Crippen molar-refractivity contribution in [1.82, 2.24) is 15.5 Å². The number of carbonyl (C=O) groups excluding carboxylic acids is 3. The lowest BCUT2D eigenvalue weighted by atomic mass is 9.90. The summed E-state index contributed by atoms with van der Waals surface area (Å²) in [6, 6.07) is 9.82. The molecule has 1 heterocycles. The van der Waals surface area contributed by atoms with E-state index in [4.69, 9.17) is 20.9 Å². The van der Waals surface area contributed by atoms with Gasteiger partial charge in [-0.05, 0) is 80.8 Å². The van der Waals surface area contributed by atoms with E-state index in [-0.39, 0.29) is 43.4 Å². The summed E-state index contributed by atoms with van der Waals surface area (Å²) in [4.78, 5) is 58.4. The monoisotopic (exact) mass is 654 g/mol. The molecule has 3 rings (SSSR count). The molecule has 3 atom stereocenters. The van der Waals surface area contributed by atoms with Crippen molar-refractivity contribution in [3.8, 4) is 17.2 Å². The van der Waals surface area contributed by atoms with Crippen molar-refractivity contribution in [2.75, 3.05) is 27.3 Å². The predicted octanol–water partition coefficient (Wildman–Crippen LogP) is 1.46. The smallest absolute Gasteiger partial charge is 0.326 e. The third-order valence-electron chi connectivity index (χ3n) is 8.12. The van der Waals surface area contributed by atoms with Crippen molar-refractivity contribution >= 4 is 29.7 Å². The Labute approximate surface area is 274 Å². The molecule has 14 nitrogen and oxygen atoms in total. The van der Waals surface area contributed by atoms with Gasteiger partial charge >= 0.3 is 5.97 Å². The molecule has 256 valence electrons. The molecule has 1 saturated heterocycles. The molecule has 14 heteroatoms. The number of phenolic OH excluding ortho intramolecular Hbond substituents is 1. The van der Waals surface area contributed by atoms with Gasteiger partial charge in [0, 0.05) is 25.9 Å². The normalized spacial score (nSPS) is 16.0. The summed E-state index contributed by atoms with van der Waals surface area (Å²) >= 11 is 0. The van der Waals surface area contributed by atoms with Crippen LogP contribution in [0.2, 0.25) is 0 Å². The van der Waals surface area contributed by atoms with Crippen LogP contribution < -0.4 is 31.6 Å². The molecule has 0 saturated carbocycles. The molecular formula is C33H46N6O8. The van der Waals surface area contributed by atoms with Crippen molar-refractivity contribution in [2.45, 2.75) is 75.9 Å². The first-order valence-electron chi connectivity index (χ1n) is 15.6. The third-order valence-corrected chi connectivity index (χ3v) is 8.12. The second-order valence-corrected chi connectivity index (χ2v) is 11.8. The molecule has 0 radical (unpaired) electrons. The summed E-state index contributed by atoms with van der Waals surface area (Å²) < 4.78 is 10.7. The zero-order chi connectivity index (χ0) is 34.6. The fourth-order valence-corrected chi connectivity index (χ4v) is 5.60. The maximum atomic E-state index is 13.9. The molecule has 0 aliphatic carbocycles. The number of aromatic hydroxyl groups is 1. The van der Waals surface area contributed by atoms with E-state index >= 15 is 0 Å². The molecule has 0 aromatic heterocycles. The highest BCUT2D eigenvalue weighted by molar-refractivity contribution is 5.96. The number of aliphatic imine (C=N–C) groups is 1. The molecule has 3 amide bonds. The van der Waals surface area contributed by atoms with Gasteiger partial charge in [-0.3, -0.25) is 19.4 Å². The maximum absolute atomic E-state index is 13.9. The Hall–Kier alpha value is -5.01. The second-order valence-electron chi connectivity index (χ2n) is 11.8. The van der Waals surface area contributed by atoms with Gasteiger partial charge in [0.25, 0.3) is 0 Å². The van der Waals surface area contributed by atoms with E-state index in [1.807, 2.05) is 0 Å². The third kappa shape index (κ3) is 10.5. The summed E-state index contributed by atoms with van der Waals surface area (Å²) in [7, 11) is 2.97. The van der Waals surface area contributed by atoms with Crippen LogP contribution in [0.4, 0.5) is 0 Å². The number of hydrogen-bond acceptors (Lipinski definition) is 8. The number of carboxylic acids is 1. The van der Waals surface area contributed by atoms with Gasteiger partial charge in [0.2, 0.25) is 17.7 Å². The van der Waals surface area contributed by atoms with Gasteiger partial charge in [0.15, 0.2) is 17.5 Å². The van der Waals surface area contributed by atoms with Crippen molar-refractivity contribution in [2.24, 2.45) is 16.5 Å². The number of carbonyl (C=O) groups is 4. The number of carboxylic acid groups (broad SMARTS) is 1. The Bertz CT molecular complexity index is 1430. The van der Waals surface area contributed by atoms with Crippen molar-refractivity contribution in [1.29, 1.82) is 0 Å². The number of aliphatic carboxylic acids is 1. The van der Waals surface area contributed by atoms with Crippen LogP contribution >= 0.6 is 0 Å². The number of aryl methyl sites for hydroxylation is 1. The number of nitrogens with zero attached hydrogens (tertiary/aromatic N) is 2. The number of nitrogens with one attached hydrogen (secondary N) is 2. The van der Waals surface area contributed by atoms with Gasteiger partial charge in [0.05, 0.1) is 14.2 Å². The lowest BCUT2D eigenvalue weighted by Crippen LogP contribution is -2.63. The minimum atomic E-state index is -1.61. The van der Waals surface area contributed by atoms with E-state index in [0.29, 0.717) is 55.7 Å². The zero-order valence-electron chi connectivity index (χ0n) is 27.2. The predicted molar refractivity (Wildman–Crippen MR) is 175 cm³/mol. The Balaban J connectivity index is 1.78. The van der Waals surface area contributed by atoms with Gasteiger partial charge < -0.3 is 46.7 Å². The van der Waals surface area contributed by atoms with Crippen LogP contribution in [0.3, 0.4) is 0 Å². The van der Waals surface area contributed by atoms with Gasteiger partial charge in [0.1, 0.15) is 23.4 Å². The highest BCUT2D eigenvalue weighted by atomic mass is 16.5. The number of guanidine groups is 1. The average Bonchev–Trinajstić information content (AvgIpc) is 3.53. The highest BCUT2D eigenvalue weighted by Crippen LogP contribution is 2.30. The number of hydrogen-bond donors (Lipinski definition) is 6. The molecule has 1 unspecified atom stereocenters. The van der Waals surface area contributed by atoms with E-state index in [2.05, 4.69) is 15.6 Å². The van der Waals surface area contributed by atoms with Gasteiger partial charge in [-0.2, -0.15) is 0 Å². The van der Waals surface area contributed by atoms with Crippen LogP contribution in [-0.2, 0) is 32.0 Å². The summed E-state index contributed by atoms with van der Waals surface area (Å²) in [5.74, 6) is -1.69. The SMILES string of the molecule is COc1ccc(CC(C)(NC(=O)[C@@H]2CCCN2C(=O)CCCc2ccc(O)cc2)C(=O)N[C@@H](CCCN=C(N)N)C(=O)O)cc1OC. The van der Waals surface area contributed by atoms with Crippen LogP contribution in [0.15, 0.2) is 47.5 Å². The van der Waals surface area contributed by atoms with E-state index in [1.54, 1.807) is 47.4 Å². The topological polar surface area (TPSA) is 219 Å². The van der Waals surface area contributed by atoms with Crippen LogP contribution in [-0.4, -0.2) is 89.7 Å². The standard InChI is InChI=1S/C33H46N6O8/c1-33(20-22-13-16-26(46-2)27(19-22)47-3,31(45)37-24(30(43)44)8-5-17-36-32(34)35)38-29(42)25-9-6-18-39(25)28(41)10-4-7-21-11-14-23(40)15-12-21/h11-16,19,24-25,40H,4-10,17-18,20H2,1-3H3,(H,37,45)(H,38,42)(H,43,44)(H4,34,35,36)/t24-,25-,33?/m0/s1. The minimum absolute atomic E-state index is 0.0153. The Kier molecular flexibility index (Phi) is 13.2. The van der Waals surface area contributed by atoms with Crippen LogP contribution in [0.1, 0.15) is 56.6 Å². The van der Waals surface area contributed by atoms with E-state index in [9.17, 15) is 29.4 Å². The lowest BCUT2D eigenvalue weighted by molar-refractivity contribution is -0.144. The Morgan fingerprint density at radius 2 is 1.72 bits per heavy atom. The largest absolute Gasteiger partial charge is 0.508 e. The van der Waals surface area contributed by atoms with E-state index in [0.717, 1.165) is 5.56 Å². The number of amides is 3. The van der Waals surface area contributed by atoms with Crippen LogP contribution in [0.5, 0.6) is 17.2 Å². The maximum Gasteiger partial charge on any atom is 0.326 e. The first-order valence-corrected chi connectivity index (χ1v) is 15.6. The number of rotatable bonds is 17. The number of ether oxygens (including phenoxy) is 2. The van der Waals surface area contributed by atoms with E-state index in [1.165, 1.54) is 21.1 Å². The molecule has 1 aliphatic heterocycles. The minimum Gasteiger partial charge on any atom is -0.508 e. The Morgan fingerprint density at radius 3 is 2.36 bits per heavy atom. The molecule has 8 N–H and O–H groups in total. The number of methoxy groups -OCH3 is 2. The molecule has 1 fully saturated rings. The summed E-state index contributed by atoms with van der Waals surface area (Å²) in [5, 5.41) is 24.8. The molecule has 2 aromatic rings. The van der Waals surface area contributed by atoms with Crippen molar-refractivity contribution in [3.63, 3.8) is 0 Å². The first-order chi connectivity index (χ1) is 22.4. The molecule has 0 spiro atoms. The van der Waals surface area contributed by atoms with Gasteiger partial charge in [-0.1, -0.05) is 18.2 Å². The number of nitrogens with two attached hydrogens (primary N) is 2. The van der Waals surface area contributed by atoms with Gasteiger partial charge in [-0.25, -0.2) is 4.79 Å². The number of likely N-dealkylation sites (tertiary alicyclic amines) is 1. The van der Waals surface area contributed by atoms with Gasteiger partial charge in [-0.15, -0.1) is 0 Å². The summed E-state index contributed by atoms with van der Waals surface area (Å²) in [5.41, 5.74) is 10.7. The number of benzene rings is 2. The summed E-state index contributed by atoms with van der Waals surface area (Å²) in [6.45, 7) is 2.11. The fraction of sp³-hybridized carbons (Fsp3) is 0.485. The Morgan fingerprint density at radius 1 is 1.04 bits per heavy atom.